The van der Waals surface area contributed by atoms with Crippen LogP contribution in [0.5, 0.6) is 5.75 Å². The van der Waals surface area contributed by atoms with Crippen molar-refractivity contribution in [1.82, 2.24) is 0 Å². The highest BCUT2D eigenvalue weighted by molar-refractivity contribution is 9.11. The smallest absolute Gasteiger partial charge is 0.343 e. The zero-order chi connectivity index (χ0) is 25.1. The summed E-state index contributed by atoms with van der Waals surface area (Å²) < 4.78 is 7.42. The summed E-state index contributed by atoms with van der Waals surface area (Å²) in [6.07, 6.45) is 1.48. The number of benzene rings is 3. The number of rotatable bonds is 6. The summed E-state index contributed by atoms with van der Waals surface area (Å²) >= 11 is 6.99. The van der Waals surface area contributed by atoms with Crippen LogP contribution < -0.4 is 14.5 Å². The van der Waals surface area contributed by atoms with E-state index in [0.29, 0.717) is 33.8 Å². The lowest BCUT2D eigenvalue weighted by Gasteiger charge is -2.34. The molecule has 1 heterocycles. The Labute approximate surface area is 220 Å². The van der Waals surface area contributed by atoms with Gasteiger partial charge in [0.1, 0.15) is 11.3 Å². The quantitative estimate of drug-likeness (QED) is 0.231. The van der Waals surface area contributed by atoms with Gasteiger partial charge in [0, 0.05) is 10.0 Å². The highest BCUT2D eigenvalue weighted by atomic mass is 79.9. The number of carbonyl (C=O) groups is 3. The summed E-state index contributed by atoms with van der Waals surface area (Å²) in [4.78, 5) is 42.7. The van der Waals surface area contributed by atoms with Crippen molar-refractivity contribution in [1.29, 1.82) is 0 Å². The third-order valence-electron chi connectivity index (χ3n) is 5.18. The van der Waals surface area contributed by atoms with E-state index in [-0.39, 0.29) is 11.5 Å². The topological polar surface area (TPSA) is 66.9 Å². The summed E-state index contributed by atoms with van der Waals surface area (Å²) in [7, 11) is 0. The van der Waals surface area contributed by atoms with Crippen LogP contribution in [-0.2, 0) is 9.59 Å². The predicted molar refractivity (Wildman–Crippen MR) is 143 cm³/mol. The van der Waals surface area contributed by atoms with Crippen molar-refractivity contribution in [3.63, 3.8) is 0 Å². The van der Waals surface area contributed by atoms with E-state index in [1.807, 2.05) is 19.9 Å². The van der Waals surface area contributed by atoms with Crippen LogP contribution in [0.3, 0.4) is 0 Å². The predicted octanol–water partition coefficient (Wildman–Crippen LogP) is 6.83. The molecule has 35 heavy (non-hydrogen) atoms. The lowest BCUT2D eigenvalue weighted by atomic mass is 10.0. The number of nitrogens with zero attached hydrogens (tertiary/aromatic N) is 2. The van der Waals surface area contributed by atoms with Crippen molar-refractivity contribution in [3.05, 3.63) is 92.9 Å². The van der Waals surface area contributed by atoms with Crippen LogP contribution in [-0.4, -0.2) is 24.5 Å². The molecule has 0 atom stereocenters. The number of hydrogen-bond donors (Lipinski definition) is 0. The molecule has 0 bridgehead atoms. The molecule has 6 nitrogen and oxygen atoms in total. The number of hydrogen-bond acceptors (Lipinski definition) is 4. The maximum atomic E-state index is 13.6. The number of para-hydroxylation sites is 2. The van der Waals surface area contributed by atoms with E-state index in [1.165, 1.54) is 6.08 Å². The molecule has 0 saturated carbocycles. The molecule has 3 aromatic carbocycles. The van der Waals surface area contributed by atoms with Gasteiger partial charge >= 0.3 is 6.03 Å². The zero-order valence-electron chi connectivity index (χ0n) is 19.1. The Bertz CT molecular complexity index is 1240. The molecule has 1 saturated heterocycles. The number of carbonyl (C=O) groups excluding carboxylic acids is 3. The molecule has 1 aliphatic rings. The first kappa shape index (κ1) is 24.9. The largest absolute Gasteiger partial charge is 0.492 e. The van der Waals surface area contributed by atoms with Gasteiger partial charge in [0.05, 0.1) is 22.5 Å². The van der Waals surface area contributed by atoms with Crippen molar-refractivity contribution in [3.8, 4) is 5.75 Å². The fraction of sp³-hybridized carbons (Fsp3) is 0.148. The highest BCUT2D eigenvalue weighted by Crippen LogP contribution is 2.36. The second-order valence-corrected chi connectivity index (χ2v) is 10.1. The number of ether oxygens (including phenoxy) is 1. The average molecular weight is 598 g/mol. The lowest BCUT2D eigenvalue weighted by molar-refractivity contribution is -0.121. The van der Waals surface area contributed by atoms with Crippen molar-refractivity contribution in [2.75, 3.05) is 16.4 Å². The Kier molecular flexibility index (Phi) is 7.52. The summed E-state index contributed by atoms with van der Waals surface area (Å²) in [5.41, 5.74) is 1.11. The summed E-state index contributed by atoms with van der Waals surface area (Å²) in [5.74, 6) is -0.637. The first-order valence-corrected chi connectivity index (χ1v) is 12.5. The minimum atomic E-state index is -0.735. The van der Waals surface area contributed by atoms with Gasteiger partial charge in [-0.05, 0) is 64.3 Å². The lowest BCUT2D eigenvalue weighted by Crippen LogP contribution is -2.57. The molecular formula is C27H22Br2N2O4. The van der Waals surface area contributed by atoms with Gasteiger partial charge < -0.3 is 4.74 Å². The maximum absolute atomic E-state index is 13.6. The number of barbiturate groups is 1. The van der Waals surface area contributed by atoms with Crippen LogP contribution in [0.25, 0.3) is 6.08 Å². The van der Waals surface area contributed by atoms with Crippen LogP contribution in [0.4, 0.5) is 16.2 Å². The molecule has 4 amide bonds. The van der Waals surface area contributed by atoms with Crippen LogP contribution in [0.1, 0.15) is 19.4 Å². The number of anilines is 2. The molecule has 1 aliphatic heterocycles. The molecule has 4 rings (SSSR count). The monoisotopic (exact) mass is 596 g/mol. The zero-order valence-corrected chi connectivity index (χ0v) is 22.2. The number of amides is 4. The third-order valence-corrected chi connectivity index (χ3v) is 6.22. The SMILES string of the molecule is CC(C)COc1c(Br)cc(Br)cc1C=C1C(=O)N(c2ccccc2)C(=O)N(c2ccccc2)C1=O. The van der Waals surface area contributed by atoms with Gasteiger partial charge in [0.2, 0.25) is 0 Å². The van der Waals surface area contributed by atoms with E-state index in [9.17, 15) is 14.4 Å². The van der Waals surface area contributed by atoms with E-state index in [0.717, 1.165) is 14.3 Å². The van der Waals surface area contributed by atoms with E-state index < -0.39 is 17.8 Å². The Morgan fingerprint density at radius 2 is 1.34 bits per heavy atom. The Balaban J connectivity index is 1.88. The van der Waals surface area contributed by atoms with Gasteiger partial charge in [-0.3, -0.25) is 9.59 Å². The summed E-state index contributed by atoms with van der Waals surface area (Å²) in [6, 6.07) is 20.0. The van der Waals surface area contributed by atoms with Gasteiger partial charge in [0.15, 0.2) is 0 Å². The minimum Gasteiger partial charge on any atom is -0.492 e. The second kappa shape index (κ2) is 10.6. The van der Waals surface area contributed by atoms with E-state index in [4.69, 9.17) is 4.74 Å². The molecule has 0 radical (unpaired) electrons. The summed E-state index contributed by atoms with van der Waals surface area (Å²) in [5, 5.41) is 0. The maximum Gasteiger partial charge on any atom is 0.343 e. The Hall–Kier alpha value is -3.23. The van der Waals surface area contributed by atoms with E-state index in [1.54, 1.807) is 66.7 Å². The molecule has 1 fully saturated rings. The molecule has 0 spiro atoms. The molecule has 8 heteroatoms. The number of halogens is 2. The van der Waals surface area contributed by atoms with Gasteiger partial charge in [-0.2, -0.15) is 0 Å². The average Bonchev–Trinajstić information content (AvgIpc) is 2.82. The molecule has 0 aliphatic carbocycles. The van der Waals surface area contributed by atoms with Crippen molar-refractivity contribution in [2.45, 2.75) is 13.8 Å². The van der Waals surface area contributed by atoms with Crippen LogP contribution in [0.15, 0.2) is 87.3 Å². The van der Waals surface area contributed by atoms with Crippen LogP contribution >= 0.6 is 31.9 Å². The molecule has 0 unspecified atom stereocenters. The first-order chi connectivity index (χ1) is 16.8. The Morgan fingerprint density at radius 1 is 0.829 bits per heavy atom. The van der Waals surface area contributed by atoms with E-state index in [2.05, 4.69) is 31.9 Å². The van der Waals surface area contributed by atoms with Gasteiger partial charge in [0.25, 0.3) is 11.8 Å². The second-order valence-electron chi connectivity index (χ2n) is 8.30. The molecule has 0 N–H and O–H groups in total. The van der Waals surface area contributed by atoms with Crippen LogP contribution in [0, 0.1) is 5.92 Å². The molecule has 0 aromatic heterocycles. The van der Waals surface area contributed by atoms with Gasteiger partial charge in [-0.25, -0.2) is 14.6 Å². The highest BCUT2D eigenvalue weighted by Gasteiger charge is 2.43. The fourth-order valence-electron chi connectivity index (χ4n) is 3.58. The van der Waals surface area contributed by atoms with Crippen molar-refractivity contribution >= 4 is 67.2 Å². The van der Waals surface area contributed by atoms with Crippen molar-refractivity contribution < 1.29 is 19.1 Å². The van der Waals surface area contributed by atoms with E-state index >= 15 is 0 Å². The first-order valence-electron chi connectivity index (χ1n) is 10.9. The minimum absolute atomic E-state index is 0.156. The Morgan fingerprint density at radius 3 is 1.83 bits per heavy atom. The molecule has 3 aromatic rings. The van der Waals surface area contributed by atoms with Crippen LogP contribution in [0.2, 0.25) is 0 Å². The molecular weight excluding hydrogens is 576 g/mol. The van der Waals surface area contributed by atoms with Gasteiger partial charge in [-0.1, -0.05) is 66.2 Å². The number of imide groups is 2. The summed E-state index contributed by atoms with van der Waals surface area (Å²) in [6.45, 7) is 4.50. The normalized spacial score (nSPS) is 14.1. The van der Waals surface area contributed by atoms with Gasteiger partial charge in [-0.15, -0.1) is 0 Å². The third kappa shape index (κ3) is 5.23. The van der Waals surface area contributed by atoms with Crippen molar-refractivity contribution in [2.24, 2.45) is 5.92 Å². The fourth-order valence-corrected chi connectivity index (χ4v) is 4.96. The molecule has 178 valence electrons. The standard InChI is InChI=1S/C27H22Br2N2O4/c1-17(2)16-35-24-18(13-19(28)15-23(24)29)14-22-25(32)30(20-9-5-3-6-10-20)27(34)31(26(22)33)21-11-7-4-8-12-21/h3-15,17H,16H2,1-2H3. The number of urea groups is 1.